The summed E-state index contributed by atoms with van der Waals surface area (Å²) >= 11 is 0. The smallest absolute Gasteiger partial charge is 0.412 e. The van der Waals surface area contributed by atoms with Crippen LogP contribution < -0.4 is 14.8 Å². The Kier molecular flexibility index (Phi) is 15.2. The van der Waals surface area contributed by atoms with Crippen LogP contribution >= 0.6 is 0 Å². The molecule has 12 nitrogen and oxygen atoms in total. The predicted molar refractivity (Wildman–Crippen MR) is 220 cm³/mol. The van der Waals surface area contributed by atoms with Crippen molar-refractivity contribution >= 4 is 17.9 Å². The van der Waals surface area contributed by atoms with Crippen molar-refractivity contribution in [2.75, 3.05) is 33.5 Å². The van der Waals surface area contributed by atoms with Crippen LogP contribution in [-0.4, -0.2) is 78.3 Å². The fourth-order valence-electron chi connectivity index (χ4n) is 8.96. The Morgan fingerprint density at radius 1 is 1.02 bits per heavy atom. The van der Waals surface area contributed by atoms with Crippen molar-refractivity contribution in [2.24, 2.45) is 22.9 Å². The Morgan fingerprint density at radius 3 is 2.46 bits per heavy atom. The third-order valence-corrected chi connectivity index (χ3v) is 11.5. The number of benzene rings is 3. The van der Waals surface area contributed by atoms with E-state index in [0.29, 0.717) is 42.2 Å². The van der Waals surface area contributed by atoms with Gasteiger partial charge in [0, 0.05) is 44.2 Å². The Balaban J connectivity index is 1.59. The molecule has 0 spiro atoms. The minimum absolute atomic E-state index is 0.000639. The van der Waals surface area contributed by atoms with Crippen LogP contribution in [0.15, 0.2) is 102 Å². The number of methoxy groups -OCH3 is 1. The second-order valence-corrected chi connectivity index (χ2v) is 15.2. The highest BCUT2D eigenvalue weighted by Crippen LogP contribution is 2.62. The lowest BCUT2D eigenvalue weighted by atomic mass is 9.55. The van der Waals surface area contributed by atoms with Gasteiger partial charge in [-0.25, -0.2) is 14.0 Å². The van der Waals surface area contributed by atoms with E-state index in [9.17, 15) is 24.2 Å². The number of fused-ring (bicyclic) bond motifs is 2. The van der Waals surface area contributed by atoms with E-state index in [1.165, 1.54) is 19.2 Å². The maximum Gasteiger partial charge on any atom is 0.412 e. The van der Waals surface area contributed by atoms with Crippen LogP contribution in [0.25, 0.3) is 0 Å². The molecule has 2 amide bonds. The molecule has 6 atom stereocenters. The van der Waals surface area contributed by atoms with Gasteiger partial charge in [0.25, 0.3) is 0 Å². The molecule has 59 heavy (non-hydrogen) atoms. The summed E-state index contributed by atoms with van der Waals surface area (Å²) in [7, 11) is 1.31. The fraction of sp³-hybridized carbons (Fsp3) is 0.457. The average Bonchev–Trinajstić information content (AvgIpc) is 3.24. The summed E-state index contributed by atoms with van der Waals surface area (Å²) < 4.78 is 39.5. The number of unbranched alkanes of at least 4 members (excludes halogenated alkanes) is 2. The molecule has 316 valence electrons. The summed E-state index contributed by atoms with van der Waals surface area (Å²) in [6, 6.07) is 20.1. The fourth-order valence-corrected chi connectivity index (χ4v) is 8.96. The number of nitrogens with zero attached hydrogens (tertiary/aromatic N) is 2. The van der Waals surface area contributed by atoms with Gasteiger partial charge in [-0.05, 0) is 91.5 Å². The average molecular weight is 814 g/mol. The number of allylic oxidation sites excluding steroid dienone is 1. The van der Waals surface area contributed by atoms with Crippen molar-refractivity contribution in [3.8, 4) is 11.5 Å². The van der Waals surface area contributed by atoms with Gasteiger partial charge in [-0.3, -0.25) is 4.90 Å². The Morgan fingerprint density at radius 2 is 1.76 bits per heavy atom. The van der Waals surface area contributed by atoms with E-state index in [-0.39, 0.29) is 57.1 Å². The normalized spacial score (nSPS) is 23.5. The van der Waals surface area contributed by atoms with Crippen LogP contribution in [0.2, 0.25) is 0 Å². The van der Waals surface area contributed by atoms with Gasteiger partial charge in [0.2, 0.25) is 5.79 Å². The van der Waals surface area contributed by atoms with Gasteiger partial charge in [0.15, 0.2) is 0 Å². The second-order valence-electron chi connectivity index (χ2n) is 15.2. The minimum Gasteiger partial charge on any atom is -0.459 e. The molecule has 3 aromatic carbocycles. The maximum absolute atomic E-state index is 14.2. The van der Waals surface area contributed by atoms with Crippen molar-refractivity contribution in [3.63, 3.8) is 0 Å². The number of halogens is 1. The van der Waals surface area contributed by atoms with E-state index in [2.05, 4.69) is 18.0 Å². The van der Waals surface area contributed by atoms with Gasteiger partial charge in [0.05, 0.1) is 25.3 Å². The van der Waals surface area contributed by atoms with E-state index < -0.39 is 35.8 Å². The van der Waals surface area contributed by atoms with Crippen LogP contribution in [0.4, 0.5) is 14.0 Å². The second kappa shape index (κ2) is 20.6. The zero-order chi connectivity index (χ0) is 41.8. The summed E-state index contributed by atoms with van der Waals surface area (Å²) in [5, 5.41) is 27.3. The lowest BCUT2D eigenvalue weighted by Gasteiger charge is -2.59. The lowest BCUT2D eigenvalue weighted by molar-refractivity contribution is -0.256. The quantitative estimate of drug-likeness (QED) is 0.0622. The highest BCUT2D eigenvalue weighted by atomic mass is 19.1. The first-order valence-corrected chi connectivity index (χ1v) is 20.6. The highest BCUT2D eigenvalue weighted by Gasteiger charge is 2.65. The summed E-state index contributed by atoms with van der Waals surface area (Å²) in [4.78, 5) is 34.5. The summed E-state index contributed by atoms with van der Waals surface area (Å²) in [5.41, 5.74) is 3.84. The Hall–Kier alpha value is -5.24. The zero-order valence-electron chi connectivity index (χ0n) is 33.9. The van der Waals surface area contributed by atoms with E-state index in [1.54, 1.807) is 35.2 Å². The van der Waals surface area contributed by atoms with E-state index in [4.69, 9.17) is 28.9 Å². The molecule has 6 rings (SSSR count). The summed E-state index contributed by atoms with van der Waals surface area (Å²) in [6.07, 6.45) is 7.04. The van der Waals surface area contributed by atoms with Gasteiger partial charge >= 0.3 is 12.2 Å². The Bertz CT molecular complexity index is 1940. The molecule has 0 aromatic heterocycles. The maximum atomic E-state index is 14.2. The van der Waals surface area contributed by atoms with Crippen molar-refractivity contribution in [2.45, 2.75) is 82.8 Å². The number of ether oxygens (including phenoxy) is 4. The van der Waals surface area contributed by atoms with Crippen LogP contribution in [0.1, 0.15) is 74.5 Å². The number of aliphatic hydroxyl groups is 2. The molecule has 3 N–H and O–H groups in total. The monoisotopic (exact) mass is 813 g/mol. The Labute approximate surface area is 345 Å². The molecular weight excluding hydrogens is 758 g/mol. The molecule has 1 aliphatic heterocycles. The van der Waals surface area contributed by atoms with Crippen molar-refractivity contribution in [3.05, 3.63) is 120 Å². The number of hydrogen-bond acceptors (Lipinski definition) is 10. The summed E-state index contributed by atoms with van der Waals surface area (Å²) in [6.45, 7) is 6.59. The van der Waals surface area contributed by atoms with Crippen LogP contribution in [0.5, 0.6) is 11.5 Å². The molecule has 1 heterocycles. The standard InChI is InChI=1S/C46H56FN3O9/c1-4-25-56-46-41(50(45(54)55-3)29-31-17-19-34(47)20-18-31)28-39(49-57-30-32-13-7-6-8-14-32)37-26-33(15-9-11-23-51)36(16-10-12-24-52)42(43(37)46)38-27-35(21-22-40(38)59-46)58-44(53)48-5-2/h4,6-8,13-14,17-22,26-27,33,36,41-43,51-52H,1,5,9-12,15-16,23-25,28-30H2,2-3H3,(H,48,53)/t33-,36+,41-,42+,43+,46+/m0/s1. The number of carbonyl (C=O) groups is 2. The number of carbonyl (C=O) groups excluding carboxylic acids is 2. The number of aliphatic hydroxyl groups excluding tert-OH is 2. The molecule has 0 unspecified atom stereocenters. The molecule has 3 aromatic rings. The van der Waals surface area contributed by atoms with Gasteiger partial charge in [-0.1, -0.05) is 72.6 Å². The number of amides is 2. The number of hydrogen-bond donors (Lipinski definition) is 3. The highest BCUT2D eigenvalue weighted by molar-refractivity contribution is 6.03. The first-order valence-electron chi connectivity index (χ1n) is 20.6. The first-order chi connectivity index (χ1) is 28.8. The van der Waals surface area contributed by atoms with E-state index in [1.807, 2.05) is 43.3 Å². The van der Waals surface area contributed by atoms with Crippen molar-refractivity contribution in [1.82, 2.24) is 10.2 Å². The van der Waals surface area contributed by atoms with Crippen LogP contribution in [0, 0.1) is 23.6 Å². The number of rotatable bonds is 19. The third kappa shape index (κ3) is 9.97. The topological polar surface area (TPSA) is 148 Å². The molecule has 2 aliphatic carbocycles. The SMILES string of the molecule is C=CCO[C@@]12Oc3ccc(OC(=O)NCC)cc3[C@H]3[C@H](CCCCO)[C@@H](CCCCO)C=C(C(=NOCc4ccccc4)C[C@@H]1N(Cc1ccc(F)cc1)C(=O)OC)[C@H]32. The first kappa shape index (κ1) is 43.3. The summed E-state index contributed by atoms with van der Waals surface area (Å²) in [5.74, 6) is -2.10. The van der Waals surface area contributed by atoms with Crippen molar-refractivity contribution in [1.29, 1.82) is 0 Å². The van der Waals surface area contributed by atoms with Gasteiger partial charge in [0.1, 0.15) is 30.0 Å². The zero-order valence-corrected chi connectivity index (χ0v) is 33.9. The van der Waals surface area contributed by atoms with Gasteiger partial charge < -0.3 is 39.3 Å². The van der Waals surface area contributed by atoms with Gasteiger partial charge in [-0.2, -0.15) is 0 Å². The predicted octanol–water partition coefficient (Wildman–Crippen LogP) is 8.04. The van der Waals surface area contributed by atoms with E-state index in [0.717, 1.165) is 42.4 Å². The number of oxime groups is 1. The molecular formula is C46H56FN3O9. The minimum atomic E-state index is -1.54. The molecule has 0 bridgehead atoms. The molecule has 3 aliphatic rings. The van der Waals surface area contributed by atoms with Crippen LogP contribution in [-0.2, 0) is 27.5 Å². The molecule has 1 fully saturated rings. The molecule has 0 radical (unpaired) electrons. The lowest BCUT2D eigenvalue weighted by Crippen LogP contribution is -2.70. The molecule has 0 saturated heterocycles. The molecule has 13 heteroatoms. The van der Waals surface area contributed by atoms with Crippen molar-refractivity contribution < 1.29 is 48.0 Å². The number of nitrogens with one attached hydrogen (secondary N) is 1. The largest absolute Gasteiger partial charge is 0.459 e. The van der Waals surface area contributed by atoms with Crippen LogP contribution in [0.3, 0.4) is 0 Å². The third-order valence-electron chi connectivity index (χ3n) is 11.5. The van der Waals surface area contributed by atoms with E-state index >= 15 is 0 Å². The molecule has 1 saturated carbocycles. The van der Waals surface area contributed by atoms with Gasteiger partial charge in [-0.15, -0.1) is 6.58 Å².